The summed E-state index contributed by atoms with van der Waals surface area (Å²) in [5.74, 6) is 0.767. The Hall–Kier alpha value is -1.86. The van der Waals surface area contributed by atoms with Crippen molar-refractivity contribution in [3.8, 4) is 22.8 Å². The van der Waals surface area contributed by atoms with Crippen molar-refractivity contribution in [3.63, 3.8) is 0 Å². The number of H-pyrrole nitrogens is 1. The molecule has 1 aromatic carbocycles. The van der Waals surface area contributed by atoms with E-state index in [1.807, 2.05) is 36.4 Å². The van der Waals surface area contributed by atoms with Gasteiger partial charge in [0.1, 0.15) is 5.82 Å². The summed E-state index contributed by atoms with van der Waals surface area (Å²) in [4.78, 5) is 12.1. The first kappa shape index (κ1) is 18.9. The smallest absolute Gasteiger partial charge is 0.137 e. The summed E-state index contributed by atoms with van der Waals surface area (Å²) in [6.45, 7) is 0.667. The Balaban J connectivity index is 1.74. The number of hydrogen-bond acceptors (Lipinski definition) is 5. The molecular formula is C19H21ClN4OS. The van der Waals surface area contributed by atoms with Crippen LogP contribution < -0.4 is 4.72 Å². The van der Waals surface area contributed by atoms with E-state index in [4.69, 9.17) is 11.6 Å². The number of aliphatic hydroxyl groups is 1. The fraction of sp³-hybridized carbons (Fsp3) is 0.263. The summed E-state index contributed by atoms with van der Waals surface area (Å²) in [6, 6.07) is 11.6. The molecule has 26 heavy (non-hydrogen) atoms. The molecule has 0 aliphatic rings. The molecule has 3 aromatic rings. The topological polar surface area (TPSA) is 73.8 Å². The molecule has 0 saturated heterocycles. The summed E-state index contributed by atoms with van der Waals surface area (Å²) in [7, 11) is 0. The van der Waals surface area contributed by atoms with E-state index in [9.17, 15) is 5.11 Å². The first-order valence-corrected chi connectivity index (χ1v) is 9.30. The summed E-state index contributed by atoms with van der Waals surface area (Å²) >= 11 is 10.3. The van der Waals surface area contributed by atoms with Gasteiger partial charge in [-0.3, -0.25) is 9.71 Å². The van der Waals surface area contributed by atoms with Crippen LogP contribution in [0.4, 0.5) is 0 Å². The molecule has 1 atom stereocenters. The minimum absolute atomic E-state index is 0.381. The highest BCUT2D eigenvalue weighted by molar-refractivity contribution is 7.78. The van der Waals surface area contributed by atoms with Crippen molar-refractivity contribution in [2.75, 3.05) is 6.54 Å². The van der Waals surface area contributed by atoms with Crippen molar-refractivity contribution in [1.82, 2.24) is 19.7 Å². The molecule has 0 aliphatic heterocycles. The van der Waals surface area contributed by atoms with Gasteiger partial charge in [-0.15, -0.1) is 0 Å². The predicted molar refractivity (Wildman–Crippen MR) is 108 cm³/mol. The molecule has 3 N–H and O–H groups in total. The molecule has 5 nitrogen and oxygen atoms in total. The van der Waals surface area contributed by atoms with Crippen LogP contribution in [0.5, 0.6) is 0 Å². The number of aromatic nitrogens is 3. The van der Waals surface area contributed by atoms with Gasteiger partial charge >= 0.3 is 0 Å². The number of aromatic amines is 1. The first-order chi connectivity index (χ1) is 12.7. The average molecular weight is 389 g/mol. The second kappa shape index (κ2) is 9.19. The molecule has 0 fully saturated rings. The molecule has 136 valence electrons. The highest BCUT2D eigenvalue weighted by Crippen LogP contribution is 2.26. The lowest BCUT2D eigenvalue weighted by atomic mass is 10.0. The van der Waals surface area contributed by atoms with Gasteiger partial charge in [-0.05, 0) is 55.2 Å². The quantitative estimate of drug-likeness (QED) is 0.441. The van der Waals surface area contributed by atoms with Gasteiger partial charge in [0.05, 0.1) is 23.7 Å². The van der Waals surface area contributed by atoms with Crippen molar-refractivity contribution in [2.45, 2.75) is 25.4 Å². The van der Waals surface area contributed by atoms with E-state index < -0.39 is 0 Å². The Labute approximate surface area is 163 Å². The van der Waals surface area contributed by atoms with Crippen LogP contribution in [-0.2, 0) is 6.42 Å². The highest BCUT2D eigenvalue weighted by Gasteiger charge is 2.11. The van der Waals surface area contributed by atoms with Crippen LogP contribution >= 0.6 is 24.4 Å². The van der Waals surface area contributed by atoms with Gasteiger partial charge in [-0.1, -0.05) is 30.5 Å². The molecule has 7 heteroatoms. The molecule has 0 aliphatic carbocycles. The lowest BCUT2D eigenvalue weighted by Gasteiger charge is -2.11. The van der Waals surface area contributed by atoms with Gasteiger partial charge in [0.2, 0.25) is 0 Å². The third kappa shape index (κ3) is 4.86. The van der Waals surface area contributed by atoms with Gasteiger partial charge in [-0.2, -0.15) is 0 Å². The van der Waals surface area contributed by atoms with Crippen molar-refractivity contribution >= 4 is 24.4 Å². The maximum absolute atomic E-state index is 10.0. The first-order valence-electron chi connectivity index (χ1n) is 8.47. The van der Waals surface area contributed by atoms with E-state index >= 15 is 0 Å². The number of aliphatic hydroxyl groups excluding tert-OH is 1. The van der Waals surface area contributed by atoms with Gasteiger partial charge < -0.3 is 10.1 Å². The lowest BCUT2D eigenvalue weighted by molar-refractivity contribution is 0.156. The van der Waals surface area contributed by atoms with E-state index in [1.165, 1.54) is 0 Å². The monoisotopic (exact) mass is 388 g/mol. The number of imidazole rings is 1. The molecule has 0 radical (unpaired) electrons. The zero-order chi connectivity index (χ0) is 18.4. The summed E-state index contributed by atoms with van der Waals surface area (Å²) < 4.78 is 2.75. The fourth-order valence-corrected chi connectivity index (χ4v) is 3.07. The molecule has 0 saturated carbocycles. The van der Waals surface area contributed by atoms with Gasteiger partial charge in [0, 0.05) is 23.3 Å². The summed E-state index contributed by atoms with van der Waals surface area (Å²) in [5, 5.41) is 10.7. The van der Waals surface area contributed by atoms with E-state index in [-0.39, 0.29) is 6.10 Å². The number of hydrogen-bond donors (Lipinski definition) is 4. The summed E-state index contributed by atoms with van der Waals surface area (Å²) in [5.41, 5.74) is 3.67. The van der Waals surface area contributed by atoms with Crippen LogP contribution in [0.15, 0.2) is 48.8 Å². The zero-order valence-electron chi connectivity index (χ0n) is 14.2. The normalized spacial score (nSPS) is 12.3. The maximum Gasteiger partial charge on any atom is 0.137 e. The molecule has 0 bridgehead atoms. The minimum Gasteiger partial charge on any atom is -0.393 e. The highest BCUT2D eigenvalue weighted by atomic mass is 35.5. The molecule has 0 spiro atoms. The van der Waals surface area contributed by atoms with E-state index in [1.54, 1.807) is 12.4 Å². The number of aryl methyl sites for hydroxylation is 1. The van der Waals surface area contributed by atoms with Crippen molar-refractivity contribution in [2.24, 2.45) is 0 Å². The van der Waals surface area contributed by atoms with Crippen LogP contribution in [0.25, 0.3) is 22.8 Å². The Morgan fingerprint density at radius 1 is 1.19 bits per heavy atom. The third-order valence-electron chi connectivity index (χ3n) is 4.17. The van der Waals surface area contributed by atoms with Crippen molar-refractivity contribution < 1.29 is 5.11 Å². The van der Waals surface area contributed by atoms with E-state index in [0.717, 1.165) is 28.3 Å². The Bertz CT molecular complexity index is 841. The SMILES string of the molecule is OC(CCNS)CCc1cc(-c2ncc(-c3ccccn3)[nH]2)ccc1Cl. The van der Waals surface area contributed by atoms with Crippen molar-refractivity contribution in [3.05, 3.63) is 59.4 Å². The number of benzene rings is 1. The van der Waals surface area contributed by atoms with Crippen molar-refractivity contribution in [1.29, 1.82) is 0 Å². The van der Waals surface area contributed by atoms with Crippen LogP contribution in [0.3, 0.4) is 0 Å². The largest absolute Gasteiger partial charge is 0.393 e. The Morgan fingerprint density at radius 2 is 2.08 bits per heavy atom. The van der Waals surface area contributed by atoms with E-state index in [0.29, 0.717) is 30.8 Å². The zero-order valence-corrected chi connectivity index (χ0v) is 15.8. The Kier molecular flexibility index (Phi) is 6.68. The molecular weight excluding hydrogens is 368 g/mol. The van der Waals surface area contributed by atoms with Crippen LogP contribution in [0, 0.1) is 0 Å². The van der Waals surface area contributed by atoms with Gasteiger partial charge in [0.25, 0.3) is 0 Å². The maximum atomic E-state index is 10.0. The van der Waals surface area contributed by atoms with Crippen LogP contribution in [-0.4, -0.2) is 32.7 Å². The number of thiol groups is 1. The molecule has 0 amide bonds. The second-order valence-electron chi connectivity index (χ2n) is 6.06. The number of rotatable bonds is 8. The van der Waals surface area contributed by atoms with Crippen LogP contribution in [0.2, 0.25) is 5.02 Å². The van der Waals surface area contributed by atoms with Crippen LogP contribution in [0.1, 0.15) is 18.4 Å². The predicted octanol–water partition coefficient (Wildman–Crippen LogP) is 3.91. The second-order valence-corrected chi connectivity index (χ2v) is 6.78. The number of nitrogens with zero attached hydrogens (tertiary/aromatic N) is 2. The molecule has 1 unspecified atom stereocenters. The average Bonchev–Trinajstić information content (AvgIpc) is 3.16. The molecule has 3 rings (SSSR count). The minimum atomic E-state index is -0.381. The molecule has 2 aromatic heterocycles. The number of halogens is 1. The summed E-state index contributed by atoms with van der Waals surface area (Å²) in [6.07, 6.45) is 5.16. The lowest BCUT2D eigenvalue weighted by Crippen LogP contribution is -2.14. The van der Waals surface area contributed by atoms with E-state index in [2.05, 4.69) is 32.5 Å². The Morgan fingerprint density at radius 3 is 2.85 bits per heavy atom. The standard InChI is InChI=1S/C19H21ClN4OS/c20-16-7-5-14(11-13(16)4-6-15(25)8-10-23-26)19-22-12-18(24-19)17-3-1-2-9-21-17/h1-3,5,7,9,11-12,15,23,25-26H,4,6,8,10H2,(H,22,24). The van der Waals surface area contributed by atoms with Gasteiger partial charge in [0.15, 0.2) is 0 Å². The van der Waals surface area contributed by atoms with Gasteiger partial charge in [-0.25, -0.2) is 4.98 Å². The fourth-order valence-electron chi connectivity index (χ4n) is 2.73. The number of pyridine rings is 1. The molecule has 2 heterocycles. The number of nitrogens with one attached hydrogen (secondary N) is 2. The third-order valence-corrected chi connectivity index (χ3v) is 4.76.